The van der Waals surface area contributed by atoms with E-state index in [1.165, 1.54) is 0 Å². The van der Waals surface area contributed by atoms with Gasteiger partial charge in [0.2, 0.25) is 0 Å². The maximum Gasteiger partial charge on any atom is 0.296 e. The van der Waals surface area contributed by atoms with Gasteiger partial charge in [0.1, 0.15) is 0 Å². The number of aryl methyl sites for hydroxylation is 1. The molecule has 0 N–H and O–H groups in total. The van der Waals surface area contributed by atoms with E-state index in [1.807, 2.05) is 6.92 Å². The first-order valence-corrected chi connectivity index (χ1v) is 10.8. The lowest BCUT2D eigenvalue weighted by Gasteiger charge is -2.15. The molecule has 1 aromatic rings. The Morgan fingerprint density at radius 2 is 1.65 bits per heavy atom. The normalized spacial score (nSPS) is 12.7. The lowest BCUT2D eigenvalue weighted by molar-refractivity contribution is 0.336. The van der Waals surface area contributed by atoms with Gasteiger partial charge in [-0.1, -0.05) is 37.3 Å². The van der Waals surface area contributed by atoms with Gasteiger partial charge in [0.05, 0.1) is 11.5 Å². The summed E-state index contributed by atoms with van der Waals surface area (Å²) in [4.78, 5) is 0.235. The van der Waals surface area contributed by atoms with Crippen LogP contribution in [0.15, 0.2) is 29.2 Å². The number of benzene rings is 1. The molecule has 0 saturated heterocycles. The molecule has 0 spiro atoms. The predicted octanol–water partition coefficient (Wildman–Crippen LogP) is 3.04. The zero-order valence-corrected chi connectivity index (χ0v) is 12.7. The Hall–Kier alpha value is -0.653. The summed E-state index contributed by atoms with van der Waals surface area (Å²) in [6, 6.07) is 7.56. The van der Waals surface area contributed by atoms with Gasteiger partial charge in [-0.05, 0) is 25.1 Å². The second-order valence-corrected chi connectivity index (χ2v) is 12.6. The highest BCUT2D eigenvalue weighted by Gasteiger charge is 2.18. The molecule has 1 rings (SSSR count). The summed E-state index contributed by atoms with van der Waals surface area (Å²) in [6.45, 7) is 8.77. The van der Waals surface area contributed by atoms with E-state index >= 15 is 0 Å². The largest absolute Gasteiger partial charge is 0.296 e. The number of hydrogen-bond donors (Lipinski definition) is 0. The van der Waals surface area contributed by atoms with Crippen molar-refractivity contribution in [1.82, 2.24) is 0 Å². The maximum absolute atomic E-state index is 11.8. The van der Waals surface area contributed by atoms with E-state index in [0.717, 1.165) is 11.6 Å². The summed E-state index contributed by atoms with van der Waals surface area (Å²) in [5.74, 6) is 0. The van der Waals surface area contributed by atoms with Crippen molar-refractivity contribution < 1.29 is 12.6 Å². The predicted molar refractivity (Wildman–Crippen MR) is 72.5 cm³/mol. The lowest BCUT2D eigenvalue weighted by atomic mass is 10.2. The molecule has 3 nitrogen and oxygen atoms in total. The minimum Gasteiger partial charge on any atom is -0.267 e. The van der Waals surface area contributed by atoms with Crippen LogP contribution in [0.5, 0.6) is 0 Å². The Balaban J connectivity index is 2.66. The SMILES string of the molecule is Cc1ccc(S(=O)(=O)OCC[Si](C)(C)C)cc1. The Bertz CT molecular complexity index is 458. The third kappa shape index (κ3) is 5.02. The van der Waals surface area contributed by atoms with Gasteiger partial charge in [0.15, 0.2) is 0 Å². The zero-order chi connectivity index (χ0) is 13.1. The van der Waals surface area contributed by atoms with Crippen LogP contribution in [-0.2, 0) is 14.3 Å². The molecule has 1 aromatic carbocycles. The summed E-state index contributed by atoms with van der Waals surface area (Å²) in [5.41, 5.74) is 1.03. The first kappa shape index (κ1) is 14.4. The Morgan fingerprint density at radius 1 is 1.12 bits per heavy atom. The molecule has 0 aliphatic rings. The quantitative estimate of drug-likeness (QED) is 0.611. The van der Waals surface area contributed by atoms with E-state index < -0.39 is 18.2 Å². The van der Waals surface area contributed by atoms with Crippen molar-refractivity contribution in [3.63, 3.8) is 0 Å². The average molecular weight is 272 g/mol. The van der Waals surface area contributed by atoms with Gasteiger partial charge in [-0.15, -0.1) is 0 Å². The van der Waals surface area contributed by atoms with Crippen molar-refractivity contribution >= 4 is 18.2 Å². The molecule has 0 saturated carbocycles. The third-order valence-electron chi connectivity index (χ3n) is 2.40. The molecule has 0 aromatic heterocycles. The van der Waals surface area contributed by atoms with E-state index in [0.29, 0.717) is 0 Å². The molecule has 96 valence electrons. The molecule has 5 heteroatoms. The van der Waals surface area contributed by atoms with Crippen LogP contribution in [0.2, 0.25) is 25.7 Å². The fourth-order valence-electron chi connectivity index (χ4n) is 1.23. The fraction of sp³-hybridized carbons (Fsp3) is 0.500. The van der Waals surface area contributed by atoms with Crippen molar-refractivity contribution in [2.45, 2.75) is 37.5 Å². The minimum atomic E-state index is -3.58. The highest BCUT2D eigenvalue weighted by atomic mass is 32.2. The maximum atomic E-state index is 11.8. The van der Waals surface area contributed by atoms with Crippen LogP contribution < -0.4 is 0 Å². The fourth-order valence-corrected chi connectivity index (χ4v) is 3.00. The monoisotopic (exact) mass is 272 g/mol. The molecular weight excluding hydrogens is 252 g/mol. The van der Waals surface area contributed by atoms with Crippen LogP contribution in [-0.4, -0.2) is 23.1 Å². The Labute approximate surface area is 105 Å². The zero-order valence-electron chi connectivity index (χ0n) is 10.9. The van der Waals surface area contributed by atoms with E-state index in [4.69, 9.17) is 4.18 Å². The molecule has 0 aliphatic heterocycles. The molecule has 0 fully saturated rings. The summed E-state index contributed by atoms with van der Waals surface area (Å²) >= 11 is 0. The molecule has 0 aliphatic carbocycles. The van der Waals surface area contributed by atoms with Gasteiger partial charge >= 0.3 is 0 Å². The highest BCUT2D eigenvalue weighted by molar-refractivity contribution is 7.86. The van der Waals surface area contributed by atoms with Gasteiger partial charge in [-0.25, -0.2) is 0 Å². The van der Waals surface area contributed by atoms with E-state index in [9.17, 15) is 8.42 Å². The molecule has 0 bridgehead atoms. The standard InChI is InChI=1S/C12H20O3SSi/c1-11-5-7-12(8-6-11)16(13,14)15-9-10-17(2,3)4/h5-8H,9-10H2,1-4H3. The third-order valence-corrected chi connectivity index (χ3v) is 5.43. The van der Waals surface area contributed by atoms with E-state index in [-0.39, 0.29) is 11.5 Å². The van der Waals surface area contributed by atoms with Crippen molar-refractivity contribution in [3.8, 4) is 0 Å². The summed E-state index contributed by atoms with van der Waals surface area (Å²) in [5, 5.41) is 0. The lowest BCUT2D eigenvalue weighted by Crippen LogP contribution is -2.22. The van der Waals surface area contributed by atoms with Crippen molar-refractivity contribution in [3.05, 3.63) is 29.8 Å². The van der Waals surface area contributed by atoms with Gasteiger partial charge in [-0.3, -0.25) is 4.18 Å². The summed E-state index contributed by atoms with van der Waals surface area (Å²) in [6.07, 6.45) is 0. The average Bonchev–Trinajstić information content (AvgIpc) is 2.15. The minimum absolute atomic E-state index is 0.235. The van der Waals surface area contributed by atoms with Gasteiger partial charge in [-0.2, -0.15) is 8.42 Å². The topological polar surface area (TPSA) is 43.4 Å². The summed E-state index contributed by atoms with van der Waals surface area (Å²) < 4.78 is 28.7. The molecule has 0 amide bonds. The second-order valence-electron chi connectivity index (χ2n) is 5.40. The van der Waals surface area contributed by atoms with Crippen molar-refractivity contribution in [2.24, 2.45) is 0 Å². The number of rotatable bonds is 5. The molecule has 0 atom stereocenters. The molecule has 0 radical (unpaired) electrons. The van der Waals surface area contributed by atoms with Crippen LogP contribution >= 0.6 is 0 Å². The van der Waals surface area contributed by atoms with Crippen LogP contribution in [0.1, 0.15) is 5.56 Å². The van der Waals surface area contributed by atoms with Crippen LogP contribution in [0.3, 0.4) is 0 Å². The van der Waals surface area contributed by atoms with Gasteiger partial charge < -0.3 is 0 Å². The van der Waals surface area contributed by atoms with Gasteiger partial charge in [0, 0.05) is 8.07 Å². The van der Waals surface area contributed by atoms with Crippen molar-refractivity contribution in [1.29, 1.82) is 0 Å². The van der Waals surface area contributed by atoms with Crippen LogP contribution in [0.4, 0.5) is 0 Å². The Kier molecular flexibility index (Phi) is 4.52. The molecular formula is C12H20O3SSi. The summed E-state index contributed by atoms with van der Waals surface area (Å²) in [7, 11) is -4.83. The molecule has 0 unspecified atom stereocenters. The van der Waals surface area contributed by atoms with E-state index in [1.54, 1.807) is 24.3 Å². The van der Waals surface area contributed by atoms with Crippen LogP contribution in [0, 0.1) is 6.92 Å². The molecule has 0 heterocycles. The van der Waals surface area contributed by atoms with Crippen molar-refractivity contribution in [2.75, 3.05) is 6.61 Å². The first-order chi connectivity index (χ1) is 7.71. The highest BCUT2D eigenvalue weighted by Crippen LogP contribution is 2.15. The first-order valence-electron chi connectivity index (χ1n) is 5.67. The van der Waals surface area contributed by atoms with Gasteiger partial charge in [0.25, 0.3) is 10.1 Å². The Morgan fingerprint density at radius 3 is 2.12 bits per heavy atom. The molecule has 17 heavy (non-hydrogen) atoms. The smallest absolute Gasteiger partial charge is 0.267 e. The van der Waals surface area contributed by atoms with Crippen LogP contribution in [0.25, 0.3) is 0 Å². The van der Waals surface area contributed by atoms with E-state index in [2.05, 4.69) is 19.6 Å². The number of hydrogen-bond acceptors (Lipinski definition) is 3. The second kappa shape index (κ2) is 5.33.